The van der Waals surface area contributed by atoms with Gasteiger partial charge in [-0.3, -0.25) is 9.69 Å². The van der Waals surface area contributed by atoms with Crippen molar-refractivity contribution in [3.8, 4) is 0 Å². The molecule has 1 aliphatic rings. The molecular weight excluding hydrogens is 226 g/mol. The summed E-state index contributed by atoms with van der Waals surface area (Å²) < 4.78 is 0. The van der Waals surface area contributed by atoms with Crippen molar-refractivity contribution in [2.24, 2.45) is 0 Å². The molecule has 1 aliphatic heterocycles. The van der Waals surface area contributed by atoms with Crippen molar-refractivity contribution in [3.63, 3.8) is 0 Å². The second-order valence-electron chi connectivity index (χ2n) is 4.76. The van der Waals surface area contributed by atoms with Gasteiger partial charge < -0.3 is 10.2 Å². The third-order valence-corrected chi connectivity index (χ3v) is 3.26. The van der Waals surface area contributed by atoms with E-state index in [1.165, 1.54) is 5.56 Å². The van der Waals surface area contributed by atoms with Crippen LogP contribution in [-0.4, -0.2) is 55.5 Å². The highest BCUT2D eigenvalue weighted by Crippen LogP contribution is 2.03. The van der Waals surface area contributed by atoms with E-state index < -0.39 is 0 Å². The fourth-order valence-electron chi connectivity index (χ4n) is 2.13. The summed E-state index contributed by atoms with van der Waals surface area (Å²) in [5.74, 6) is 0.195. The zero-order valence-electron chi connectivity index (χ0n) is 10.9. The number of hydrogen-bond acceptors (Lipinski definition) is 3. The van der Waals surface area contributed by atoms with Crippen LogP contribution in [0.15, 0.2) is 30.3 Å². The van der Waals surface area contributed by atoms with Gasteiger partial charge in [0.15, 0.2) is 0 Å². The zero-order chi connectivity index (χ0) is 12.8. The molecule has 1 aromatic rings. The van der Waals surface area contributed by atoms with Gasteiger partial charge in [0.05, 0.1) is 6.54 Å². The Balaban J connectivity index is 1.81. The van der Waals surface area contributed by atoms with E-state index in [0.29, 0.717) is 13.1 Å². The molecule has 0 aromatic heterocycles. The van der Waals surface area contributed by atoms with E-state index in [2.05, 4.69) is 22.3 Å². The molecular formula is C14H21N3O. The highest BCUT2D eigenvalue weighted by Gasteiger charge is 2.16. The normalized spacial score (nSPS) is 16.5. The third-order valence-electron chi connectivity index (χ3n) is 3.26. The van der Waals surface area contributed by atoms with Crippen molar-refractivity contribution in [2.45, 2.75) is 6.54 Å². The van der Waals surface area contributed by atoms with Gasteiger partial charge in [0, 0.05) is 39.8 Å². The molecule has 1 saturated heterocycles. The lowest BCUT2D eigenvalue weighted by Crippen LogP contribution is -2.47. The lowest BCUT2D eigenvalue weighted by atomic mass is 10.2. The number of nitrogens with zero attached hydrogens (tertiary/aromatic N) is 2. The van der Waals surface area contributed by atoms with Crippen molar-refractivity contribution < 1.29 is 4.79 Å². The van der Waals surface area contributed by atoms with Gasteiger partial charge >= 0.3 is 0 Å². The molecule has 0 radical (unpaired) electrons. The van der Waals surface area contributed by atoms with Crippen LogP contribution in [0.1, 0.15) is 5.56 Å². The number of amides is 1. The number of piperazine rings is 1. The third kappa shape index (κ3) is 3.82. The van der Waals surface area contributed by atoms with E-state index in [4.69, 9.17) is 0 Å². The molecule has 1 fully saturated rings. The van der Waals surface area contributed by atoms with E-state index in [1.54, 1.807) is 4.90 Å². The van der Waals surface area contributed by atoms with E-state index in [0.717, 1.165) is 26.2 Å². The maximum absolute atomic E-state index is 12.1. The molecule has 1 aromatic carbocycles. The molecule has 4 nitrogen and oxygen atoms in total. The standard InChI is InChI=1S/C14H21N3O/c1-16(11-13-5-3-2-4-6-13)14(18)12-17-9-7-15-8-10-17/h2-6,15H,7-12H2,1H3. The average molecular weight is 247 g/mol. The topological polar surface area (TPSA) is 35.6 Å². The van der Waals surface area contributed by atoms with Crippen LogP contribution in [0.25, 0.3) is 0 Å². The van der Waals surface area contributed by atoms with Gasteiger partial charge in [-0.05, 0) is 5.56 Å². The lowest BCUT2D eigenvalue weighted by Gasteiger charge is -2.28. The number of hydrogen-bond donors (Lipinski definition) is 1. The van der Waals surface area contributed by atoms with E-state index in [1.807, 2.05) is 25.2 Å². The molecule has 18 heavy (non-hydrogen) atoms. The molecule has 0 aliphatic carbocycles. The zero-order valence-corrected chi connectivity index (χ0v) is 10.9. The smallest absolute Gasteiger partial charge is 0.236 e. The van der Waals surface area contributed by atoms with Gasteiger partial charge in [0.1, 0.15) is 0 Å². The van der Waals surface area contributed by atoms with Crippen molar-refractivity contribution in [3.05, 3.63) is 35.9 Å². The Kier molecular flexibility index (Phi) is 4.73. The number of likely N-dealkylation sites (N-methyl/N-ethyl adjacent to an activating group) is 1. The summed E-state index contributed by atoms with van der Waals surface area (Å²) in [4.78, 5) is 16.1. The quantitative estimate of drug-likeness (QED) is 0.844. The van der Waals surface area contributed by atoms with Gasteiger partial charge in [0.2, 0.25) is 5.91 Å². The minimum atomic E-state index is 0.195. The number of carbonyl (C=O) groups excluding carboxylic acids is 1. The van der Waals surface area contributed by atoms with Gasteiger partial charge in [-0.2, -0.15) is 0 Å². The molecule has 1 N–H and O–H groups in total. The summed E-state index contributed by atoms with van der Waals surface area (Å²) in [6.07, 6.45) is 0. The lowest BCUT2D eigenvalue weighted by molar-refractivity contribution is -0.131. The van der Waals surface area contributed by atoms with Gasteiger partial charge in [-0.15, -0.1) is 0 Å². The fourth-order valence-corrected chi connectivity index (χ4v) is 2.13. The van der Waals surface area contributed by atoms with Crippen molar-refractivity contribution in [1.29, 1.82) is 0 Å². The molecule has 0 bridgehead atoms. The number of nitrogens with one attached hydrogen (secondary N) is 1. The molecule has 2 rings (SSSR count). The fraction of sp³-hybridized carbons (Fsp3) is 0.500. The largest absolute Gasteiger partial charge is 0.340 e. The summed E-state index contributed by atoms with van der Waals surface area (Å²) in [7, 11) is 1.87. The molecule has 4 heteroatoms. The van der Waals surface area contributed by atoms with Crippen LogP contribution in [-0.2, 0) is 11.3 Å². The molecule has 1 heterocycles. The van der Waals surface area contributed by atoms with Gasteiger partial charge in [0.25, 0.3) is 0 Å². The Hall–Kier alpha value is -1.39. The van der Waals surface area contributed by atoms with Crippen LogP contribution in [0, 0.1) is 0 Å². The highest BCUT2D eigenvalue weighted by molar-refractivity contribution is 5.78. The van der Waals surface area contributed by atoms with Crippen LogP contribution < -0.4 is 5.32 Å². The minimum Gasteiger partial charge on any atom is -0.340 e. The van der Waals surface area contributed by atoms with E-state index in [-0.39, 0.29) is 5.91 Å². The van der Waals surface area contributed by atoms with Crippen LogP contribution in [0.3, 0.4) is 0 Å². The Bertz CT molecular complexity index is 374. The Morgan fingerprint density at radius 1 is 1.28 bits per heavy atom. The maximum atomic E-state index is 12.1. The maximum Gasteiger partial charge on any atom is 0.236 e. The first kappa shape index (κ1) is 13.1. The number of rotatable bonds is 4. The average Bonchev–Trinajstić information content (AvgIpc) is 2.41. The predicted octanol–water partition coefficient (Wildman–Crippen LogP) is 0.550. The summed E-state index contributed by atoms with van der Waals surface area (Å²) in [6, 6.07) is 10.1. The van der Waals surface area contributed by atoms with Gasteiger partial charge in [-0.1, -0.05) is 30.3 Å². The monoisotopic (exact) mass is 247 g/mol. The molecule has 0 unspecified atom stereocenters. The number of carbonyl (C=O) groups is 1. The van der Waals surface area contributed by atoms with Crippen molar-refractivity contribution in [1.82, 2.24) is 15.1 Å². The molecule has 98 valence electrons. The van der Waals surface area contributed by atoms with Crippen molar-refractivity contribution in [2.75, 3.05) is 39.8 Å². The molecule has 0 spiro atoms. The second-order valence-corrected chi connectivity index (χ2v) is 4.76. The van der Waals surface area contributed by atoms with E-state index >= 15 is 0 Å². The van der Waals surface area contributed by atoms with Crippen molar-refractivity contribution >= 4 is 5.91 Å². The Morgan fingerprint density at radius 3 is 2.61 bits per heavy atom. The molecule has 0 atom stereocenters. The van der Waals surface area contributed by atoms with Gasteiger partial charge in [-0.25, -0.2) is 0 Å². The first-order valence-electron chi connectivity index (χ1n) is 6.46. The summed E-state index contributed by atoms with van der Waals surface area (Å²) >= 11 is 0. The summed E-state index contributed by atoms with van der Waals surface area (Å²) in [5.41, 5.74) is 1.17. The summed E-state index contributed by atoms with van der Waals surface area (Å²) in [6.45, 7) is 5.11. The number of benzene rings is 1. The van der Waals surface area contributed by atoms with Crippen LogP contribution >= 0.6 is 0 Å². The SMILES string of the molecule is CN(Cc1ccccc1)C(=O)CN1CCNCC1. The Morgan fingerprint density at radius 2 is 1.94 bits per heavy atom. The summed E-state index contributed by atoms with van der Waals surface area (Å²) in [5, 5.41) is 3.29. The predicted molar refractivity (Wildman–Crippen MR) is 72.2 cm³/mol. The highest BCUT2D eigenvalue weighted by atomic mass is 16.2. The second kappa shape index (κ2) is 6.52. The van der Waals surface area contributed by atoms with Crippen LogP contribution in [0.4, 0.5) is 0 Å². The molecule has 1 amide bonds. The Labute approximate surface area is 109 Å². The minimum absolute atomic E-state index is 0.195. The first-order valence-corrected chi connectivity index (χ1v) is 6.46. The first-order chi connectivity index (χ1) is 8.75. The van der Waals surface area contributed by atoms with E-state index in [9.17, 15) is 4.79 Å². The van der Waals surface area contributed by atoms with Crippen LogP contribution in [0.2, 0.25) is 0 Å². The van der Waals surface area contributed by atoms with Crippen LogP contribution in [0.5, 0.6) is 0 Å². The molecule has 0 saturated carbocycles.